The van der Waals surface area contributed by atoms with Crippen molar-refractivity contribution >= 4 is 0 Å². The minimum atomic E-state index is -0.0313. The Labute approximate surface area is 115 Å². The summed E-state index contributed by atoms with van der Waals surface area (Å²) in [5, 5.41) is 7.43. The normalized spacial score (nSPS) is 25.4. The van der Waals surface area contributed by atoms with Crippen LogP contribution in [0.4, 0.5) is 0 Å². The van der Waals surface area contributed by atoms with E-state index >= 15 is 0 Å². The lowest BCUT2D eigenvalue weighted by Gasteiger charge is -2.25. The Balaban J connectivity index is 1.97. The van der Waals surface area contributed by atoms with Gasteiger partial charge in [-0.05, 0) is 39.2 Å². The van der Waals surface area contributed by atoms with Crippen LogP contribution in [0, 0.1) is 0 Å². The molecule has 1 atom stereocenters. The topological polar surface area (TPSA) is 60.2 Å². The number of hydrogen-bond acceptors (Lipinski definition) is 5. The second-order valence-corrected chi connectivity index (χ2v) is 5.34. The van der Waals surface area contributed by atoms with Gasteiger partial charge in [-0.3, -0.25) is 0 Å². The summed E-state index contributed by atoms with van der Waals surface area (Å²) >= 11 is 0. The molecule has 0 saturated heterocycles. The van der Waals surface area contributed by atoms with Gasteiger partial charge in [0.2, 0.25) is 11.7 Å². The van der Waals surface area contributed by atoms with E-state index in [0.29, 0.717) is 17.8 Å². The number of nitrogens with zero attached hydrogens (tertiary/aromatic N) is 2. The third-order valence-corrected chi connectivity index (χ3v) is 4.07. The lowest BCUT2D eigenvalue weighted by atomic mass is 9.86. The predicted molar refractivity (Wildman–Crippen MR) is 73.0 cm³/mol. The van der Waals surface area contributed by atoms with Crippen LogP contribution >= 0.6 is 0 Å². The van der Waals surface area contributed by atoms with Crippen LogP contribution in [0.5, 0.6) is 0 Å². The Morgan fingerprint density at radius 3 is 2.68 bits per heavy atom. The summed E-state index contributed by atoms with van der Waals surface area (Å²) in [4.78, 5) is 4.55. The monoisotopic (exact) mass is 267 g/mol. The van der Waals surface area contributed by atoms with Crippen molar-refractivity contribution in [3.05, 3.63) is 11.7 Å². The molecule has 1 heterocycles. The highest BCUT2D eigenvalue weighted by molar-refractivity contribution is 4.99. The molecule has 1 fully saturated rings. The lowest BCUT2D eigenvalue weighted by Crippen LogP contribution is -2.29. The highest BCUT2D eigenvalue weighted by atomic mass is 16.5. The average Bonchev–Trinajstić information content (AvgIpc) is 2.94. The zero-order chi connectivity index (χ0) is 13.7. The fourth-order valence-electron chi connectivity index (χ4n) is 2.79. The minimum Gasteiger partial charge on any atom is -0.373 e. The average molecular weight is 267 g/mol. The van der Waals surface area contributed by atoms with Gasteiger partial charge in [-0.2, -0.15) is 4.98 Å². The second-order valence-electron chi connectivity index (χ2n) is 5.34. The first-order valence-electron chi connectivity index (χ1n) is 7.32. The van der Waals surface area contributed by atoms with E-state index in [1.54, 1.807) is 7.11 Å². The van der Waals surface area contributed by atoms with Crippen molar-refractivity contribution in [2.24, 2.45) is 0 Å². The summed E-state index contributed by atoms with van der Waals surface area (Å²) in [6, 6.07) is 0.644. The van der Waals surface area contributed by atoms with Gasteiger partial charge in [0.15, 0.2) is 0 Å². The van der Waals surface area contributed by atoms with Crippen molar-refractivity contribution in [3.8, 4) is 0 Å². The maximum absolute atomic E-state index is 5.44. The van der Waals surface area contributed by atoms with E-state index in [4.69, 9.17) is 9.26 Å². The number of nitrogens with one attached hydrogen (secondary N) is 1. The van der Waals surface area contributed by atoms with Crippen LogP contribution in [0.2, 0.25) is 0 Å². The van der Waals surface area contributed by atoms with E-state index in [0.717, 1.165) is 31.6 Å². The van der Waals surface area contributed by atoms with Gasteiger partial charge in [0.25, 0.3) is 0 Å². The summed E-state index contributed by atoms with van der Waals surface area (Å²) in [5.41, 5.74) is 0. The molecule has 0 aromatic carbocycles. The first kappa shape index (κ1) is 14.5. The molecule has 1 aliphatic carbocycles. The molecule has 0 radical (unpaired) electrons. The third-order valence-electron chi connectivity index (χ3n) is 4.07. The molecule has 1 N–H and O–H groups in total. The van der Waals surface area contributed by atoms with E-state index < -0.39 is 0 Å². The Morgan fingerprint density at radius 1 is 1.37 bits per heavy atom. The van der Waals surface area contributed by atoms with Crippen molar-refractivity contribution in [2.75, 3.05) is 14.2 Å². The maximum Gasteiger partial charge on any atom is 0.229 e. The lowest BCUT2D eigenvalue weighted by molar-refractivity contribution is 0.0854. The van der Waals surface area contributed by atoms with Gasteiger partial charge >= 0.3 is 0 Å². The smallest absolute Gasteiger partial charge is 0.229 e. The summed E-state index contributed by atoms with van der Waals surface area (Å²) < 4.78 is 10.9. The molecule has 0 amide bonds. The molecule has 2 rings (SSSR count). The zero-order valence-corrected chi connectivity index (χ0v) is 12.2. The zero-order valence-electron chi connectivity index (χ0n) is 12.2. The Morgan fingerprint density at radius 2 is 2.11 bits per heavy atom. The van der Waals surface area contributed by atoms with Crippen LogP contribution in [0.25, 0.3) is 0 Å². The Bertz CT molecular complexity index is 373. The van der Waals surface area contributed by atoms with Gasteiger partial charge in [0.05, 0.1) is 0 Å². The molecule has 1 aromatic heterocycles. The first-order chi connectivity index (χ1) is 9.28. The van der Waals surface area contributed by atoms with E-state index in [2.05, 4.69) is 22.4 Å². The first-order valence-corrected chi connectivity index (χ1v) is 7.32. The second kappa shape index (κ2) is 7.01. The number of hydrogen-bond donors (Lipinski definition) is 1. The van der Waals surface area contributed by atoms with E-state index in [1.165, 1.54) is 12.8 Å². The van der Waals surface area contributed by atoms with Crippen LogP contribution in [-0.4, -0.2) is 30.3 Å². The molecule has 5 nitrogen and oxygen atoms in total. The van der Waals surface area contributed by atoms with Crippen LogP contribution in [0.15, 0.2) is 4.52 Å². The van der Waals surface area contributed by atoms with Crippen molar-refractivity contribution in [1.29, 1.82) is 0 Å². The molecule has 1 aromatic rings. The van der Waals surface area contributed by atoms with Crippen molar-refractivity contribution in [1.82, 2.24) is 15.5 Å². The van der Waals surface area contributed by atoms with Crippen LogP contribution < -0.4 is 5.32 Å². The minimum absolute atomic E-state index is 0.0313. The SMILES string of the molecule is CCCC(OC)c1noc(C2CCC(NC)CC2)n1. The van der Waals surface area contributed by atoms with Crippen molar-refractivity contribution < 1.29 is 9.26 Å². The molecule has 1 saturated carbocycles. The molecular formula is C14H25N3O2. The Hall–Kier alpha value is -0.940. The summed E-state index contributed by atoms with van der Waals surface area (Å²) in [6.07, 6.45) is 6.56. The standard InChI is InChI=1S/C14H25N3O2/c1-4-5-12(18-3)13-16-14(19-17-13)10-6-8-11(15-2)9-7-10/h10-12,15H,4-9H2,1-3H3. The van der Waals surface area contributed by atoms with E-state index in [1.807, 2.05) is 7.05 Å². The molecule has 1 unspecified atom stereocenters. The molecule has 19 heavy (non-hydrogen) atoms. The summed E-state index contributed by atoms with van der Waals surface area (Å²) in [6.45, 7) is 2.13. The van der Waals surface area contributed by atoms with Gasteiger partial charge in [-0.15, -0.1) is 0 Å². The van der Waals surface area contributed by atoms with E-state index in [-0.39, 0.29) is 6.10 Å². The molecule has 0 aliphatic heterocycles. The molecule has 0 spiro atoms. The molecule has 0 bridgehead atoms. The van der Waals surface area contributed by atoms with Gasteiger partial charge in [-0.25, -0.2) is 0 Å². The number of ether oxygens (including phenoxy) is 1. The number of methoxy groups -OCH3 is 1. The fourth-order valence-corrected chi connectivity index (χ4v) is 2.79. The van der Waals surface area contributed by atoms with Crippen LogP contribution in [-0.2, 0) is 4.74 Å². The van der Waals surface area contributed by atoms with Crippen molar-refractivity contribution in [3.63, 3.8) is 0 Å². The number of aromatic nitrogens is 2. The highest BCUT2D eigenvalue weighted by Crippen LogP contribution is 2.32. The van der Waals surface area contributed by atoms with Gasteiger partial charge in [0.1, 0.15) is 6.10 Å². The maximum atomic E-state index is 5.44. The fraction of sp³-hybridized carbons (Fsp3) is 0.857. The quantitative estimate of drug-likeness (QED) is 0.858. The van der Waals surface area contributed by atoms with Gasteiger partial charge in [0, 0.05) is 19.1 Å². The molecule has 108 valence electrons. The highest BCUT2D eigenvalue weighted by Gasteiger charge is 2.27. The molecular weight excluding hydrogens is 242 g/mol. The molecule has 5 heteroatoms. The van der Waals surface area contributed by atoms with Crippen LogP contribution in [0.1, 0.15) is 69.2 Å². The van der Waals surface area contributed by atoms with Crippen LogP contribution in [0.3, 0.4) is 0 Å². The van der Waals surface area contributed by atoms with Gasteiger partial charge in [-0.1, -0.05) is 18.5 Å². The summed E-state index contributed by atoms with van der Waals surface area (Å²) in [5.74, 6) is 1.92. The predicted octanol–water partition coefficient (Wildman–Crippen LogP) is 2.80. The van der Waals surface area contributed by atoms with E-state index in [9.17, 15) is 0 Å². The third kappa shape index (κ3) is 3.54. The van der Waals surface area contributed by atoms with Crippen molar-refractivity contribution in [2.45, 2.75) is 63.5 Å². The van der Waals surface area contributed by atoms with Gasteiger partial charge < -0.3 is 14.6 Å². The Kier molecular flexibility index (Phi) is 5.34. The summed E-state index contributed by atoms with van der Waals surface area (Å²) in [7, 11) is 3.73. The number of rotatable bonds is 6. The largest absolute Gasteiger partial charge is 0.373 e. The molecule has 1 aliphatic rings.